The van der Waals surface area contributed by atoms with E-state index in [1.54, 1.807) is 0 Å². The Morgan fingerprint density at radius 3 is 2.75 bits per heavy atom. The van der Waals surface area contributed by atoms with Crippen molar-refractivity contribution < 1.29 is 9.47 Å². The average molecular weight is 222 g/mol. The first-order chi connectivity index (χ1) is 7.75. The minimum absolute atomic E-state index is 0.314. The molecule has 2 fully saturated rings. The monoisotopic (exact) mass is 222 g/mol. The van der Waals surface area contributed by atoms with Crippen LogP contribution in [-0.4, -0.2) is 26.4 Å². The van der Waals surface area contributed by atoms with Gasteiger partial charge in [-0.15, -0.1) is 0 Å². The molecule has 0 aromatic rings. The number of rotatable bonds is 5. The maximum Gasteiger partial charge on any atom is 0.0564 e. The highest BCUT2D eigenvalue weighted by atomic mass is 16.5. The van der Waals surface area contributed by atoms with Crippen LogP contribution in [0.5, 0.6) is 0 Å². The zero-order valence-corrected chi connectivity index (χ0v) is 10.2. The Kier molecular flexibility index (Phi) is 2.80. The van der Waals surface area contributed by atoms with Crippen LogP contribution in [0.15, 0.2) is 12.2 Å². The first-order valence-corrected chi connectivity index (χ1v) is 6.59. The molecule has 3 unspecified atom stereocenters. The molecule has 3 aliphatic rings. The normalized spacial score (nSPS) is 38.9. The van der Waals surface area contributed by atoms with Crippen LogP contribution < -0.4 is 0 Å². The lowest BCUT2D eigenvalue weighted by molar-refractivity contribution is -0.138. The van der Waals surface area contributed by atoms with Crippen molar-refractivity contribution in [1.29, 1.82) is 0 Å². The second kappa shape index (κ2) is 4.15. The van der Waals surface area contributed by atoms with Gasteiger partial charge in [-0.25, -0.2) is 0 Å². The van der Waals surface area contributed by atoms with Crippen molar-refractivity contribution >= 4 is 0 Å². The summed E-state index contributed by atoms with van der Waals surface area (Å²) in [6, 6.07) is 0. The minimum Gasteiger partial charge on any atom is -0.381 e. The van der Waals surface area contributed by atoms with Crippen LogP contribution in [0.3, 0.4) is 0 Å². The zero-order chi connectivity index (χ0) is 11.0. The third kappa shape index (κ3) is 2.05. The second-order valence-corrected chi connectivity index (χ2v) is 6.19. The summed E-state index contributed by atoms with van der Waals surface area (Å²) in [7, 11) is 0. The molecule has 2 bridgehead atoms. The lowest BCUT2D eigenvalue weighted by atomic mass is 9.89. The van der Waals surface area contributed by atoms with E-state index in [2.05, 4.69) is 19.1 Å². The summed E-state index contributed by atoms with van der Waals surface area (Å²) < 4.78 is 11.0. The predicted octanol–water partition coefficient (Wildman–Crippen LogP) is 2.64. The summed E-state index contributed by atoms with van der Waals surface area (Å²) in [5.74, 6) is 2.67. The third-order valence-electron chi connectivity index (χ3n) is 4.40. The van der Waals surface area contributed by atoms with Gasteiger partial charge in [0.15, 0.2) is 0 Å². The lowest BCUT2D eigenvalue weighted by Crippen LogP contribution is -2.43. The average Bonchev–Trinajstić information content (AvgIpc) is 2.83. The molecule has 1 saturated carbocycles. The summed E-state index contributed by atoms with van der Waals surface area (Å²) in [5, 5.41) is 0. The van der Waals surface area contributed by atoms with Crippen LogP contribution in [0.4, 0.5) is 0 Å². The topological polar surface area (TPSA) is 18.5 Å². The molecule has 3 rings (SSSR count). The molecule has 3 atom stereocenters. The molecule has 2 heteroatoms. The zero-order valence-electron chi connectivity index (χ0n) is 10.2. The van der Waals surface area contributed by atoms with E-state index < -0.39 is 0 Å². The van der Waals surface area contributed by atoms with Gasteiger partial charge >= 0.3 is 0 Å². The fourth-order valence-electron chi connectivity index (χ4n) is 3.31. The summed E-state index contributed by atoms with van der Waals surface area (Å²) >= 11 is 0. The highest BCUT2D eigenvalue weighted by molar-refractivity contribution is 5.09. The molecule has 2 aliphatic carbocycles. The van der Waals surface area contributed by atoms with Gasteiger partial charge in [0.1, 0.15) is 0 Å². The van der Waals surface area contributed by atoms with E-state index in [1.807, 2.05) is 0 Å². The molecular weight excluding hydrogens is 200 g/mol. The second-order valence-electron chi connectivity index (χ2n) is 6.19. The van der Waals surface area contributed by atoms with Gasteiger partial charge in [0.2, 0.25) is 0 Å². The molecule has 16 heavy (non-hydrogen) atoms. The summed E-state index contributed by atoms with van der Waals surface area (Å²) in [6.45, 7) is 5.82. The molecule has 2 nitrogen and oxygen atoms in total. The van der Waals surface area contributed by atoms with E-state index in [4.69, 9.17) is 9.47 Å². The van der Waals surface area contributed by atoms with Crippen LogP contribution in [-0.2, 0) is 9.47 Å². The van der Waals surface area contributed by atoms with Gasteiger partial charge in [-0.05, 0) is 37.0 Å². The maximum absolute atomic E-state index is 5.81. The molecule has 0 spiro atoms. The SMILES string of the molecule is CC1(COCCC2CC3C=CC2C3)COC1. The Morgan fingerprint density at radius 1 is 1.31 bits per heavy atom. The molecule has 0 N–H and O–H groups in total. The molecule has 0 aromatic carbocycles. The molecule has 90 valence electrons. The quantitative estimate of drug-likeness (QED) is 0.526. The van der Waals surface area contributed by atoms with Crippen LogP contribution in [0.25, 0.3) is 0 Å². The van der Waals surface area contributed by atoms with Crippen molar-refractivity contribution in [2.45, 2.75) is 26.2 Å². The number of allylic oxidation sites excluding steroid dienone is 2. The molecule has 0 aromatic heterocycles. The van der Waals surface area contributed by atoms with Gasteiger partial charge < -0.3 is 9.47 Å². The first kappa shape index (κ1) is 10.8. The Labute approximate surface area is 98.0 Å². The summed E-state index contributed by atoms with van der Waals surface area (Å²) in [4.78, 5) is 0. The highest BCUT2D eigenvalue weighted by Gasteiger charge is 2.36. The van der Waals surface area contributed by atoms with Gasteiger partial charge in [0.05, 0.1) is 19.8 Å². The van der Waals surface area contributed by atoms with Gasteiger partial charge in [-0.1, -0.05) is 19.1 Å². The Balaban J connectivity index is 1.33. The fraction of sp³-hybridized carbons (Fsp3) is 0.857. The van der Waals surface area contributed by atoms with Gasteiger partial charge in [-0.3, -0.25) is 0 Å². The van der Waals surface area contributed by atoms with Gasteiger partial charge in [0.25, 0.3) is 0 Å². The highest BCUT2D eigenvalue weighted by Crippen LogP contribution is 2.44. The van der Waals surface area contributed by atoms with E-state index in [0.29, 0.717) is 5.41 Å². The van der Waals surface area contributed by atoms with Crippen molar-refractivity contribution in [2.24, 2.45) is 23.2 Å². The van der Waals surface area contributed by atoms with Crippen molar-refractivity contribution in [3.05, 3.63) is 12.2 Å². The van der Waals surface area contributed by atoms with Crippen molar-refractivity contribution in [3.63, 3.8) is 0 Å². The first-order valence-electron chi connectivity index (χ1n) is 6.59. The molecule has 0 radical (unpaired) electrons. The number of hydrogen-bond acceptors (Lipinski definition) is 2. The molecular formula is C14H22O2. The largest absolute Gasteiger partial charge is 0.381 e. The van der Waals surface area contributed by atoms with Crippen LogP contribution >= 0.6 is 0 Å². The van der Waals surface area contributed by atoms with Crippen molar-refractivity contribution in [1.82, 2.24) is 0 Å². The van der Waals surface area contributed by atoms with Crippen LogP contribution in [0, 0.1) is 23.2 Å². The van der Waals surface area contributed by atoms with Crippen LogP contribution in [0.2, 0.25) is 0 Å². The predicted molar refractivity (Wildman–Crippen MR) is 63.2 cm³/mol. The molecule has 0 amide bonds. The van der Waals surface area contributed by atoms with E-state index in [-0.39, 0.29) is 0 Å². The Hall–Kier alpha value is -0.340. The number of hydrogen-bond donors (Lipinski definition) is 0. The number of fused-ring (bicyclic) bond motifs is 2. The minimum atomic E-state index is 0.314. The Bertz CT molecular complexity index is 280. The maximum atomic E-state index is 5.81. The van der Waals surface area contributed by atoms with Gasteiger partial charge in [-0.2, -0.15) is 0 Å². The van der Waals surface area contributed by atoms with Gasteiger partial charge in [0, 0.05) is 12.0 Å². The summed E-state index contributed by atoms with van der Waals surface area (Å²) in [6.07, 6.45) is 8.91. The Morgan fingerprint density at radius 2 is 2.19 bits per heavy atom. The van der Waals surface area contributed by atoms with E-state index in [9.17, 15) is 0 Å². The third-order valence-corrected chi connectivity index (χ3v) is 4.40. The smallest absolute Gasteiger partial charge is 0.0564 e. The lowest BCUT2D eigenvalue weighted by Gasteiger charge is -2.37. The van der Waals surface area contributed by atoms with Crippen LogP contribution in [0.1, 0.15) is 26.2 Å². The van der Waals surface area contributed by atoms with E-state index in [1.165, 1.54) is 19.3 Å². The molecule has 1 saturated heterocycles. The van der Waals surface area contributed by atoms with Crippen molar-refractivity contribution in [3.8, 4) is 0 Å². The van der Waals surface area contributed by atoms with Crippen molar-refractivity contribution in [2.75, 3.05) is 26.4 Å². The standard InChI is InChI=1S/C14H22O2/c1-14(9-16-10-14)8-15-5-4-13-7-11-2-3-12(13)6-11/h2-3,11-13H,4-10H2,1H3. The van der Waals surface area contributed by atoms with E-state index in [0.717, 1.165) is 44.2 Å². The number of ether oxygens (including phenoxy) is 2. The fourth-order valence-corrected chi connectivity index (χ4v) is 3.31. The molecule has 1 heterocycles. The summed E-state index contributed by atoms with van der Waals surface area (Å²) in [5.41, 5.74) is 0.314. The van der Waals surface area contributed by atoms with E-state index >= 15 is 0 Å². The molecule has 1 aliphatic heterocycles.